The SMILES string of the molecule is CCCC=C1CCN(CC(C)C)CC1. The van der Waals surface area contributed by atoms with E-state index < -0.39 is 0 Å². The van der Waals surface area contributed by atoms with Gasteiger partial charge in [0.05, 0.1) is 0 Å². The molecule has 0 spiro atoms. The summed E-state index contributed by atoms with van der Waals surface area (Å²) in [6, 6.07) is 0. The van der Waals surface area contributed by atoms with Crippen LogP contribution in [0.5, 0.6) is 0 Å². The van der Waals surface area contributed by atoms with E-state index in [2.05, 4.69) is 31.7 Å². The molecular formula is C13H25N. The van der Waals surface area contributed by atoms with E-state index in [1.165, 1.54) is 45.3 Å². The van der Waals surface area contributed by atoms with E-state index in [0.29, 0.717) is 0 Å². The summed E-state index contributed by atoms with van der Waals surface area (Å²) >= 11 is 0. The lowest BCUT2D eigenvalue weighted by molar-refractivity contribution is 0.229. The normalized spacial score (nSPS) is 19.0. The van der Waals surface area contributed by atoms with Crippen LogP contribution < -0.4 is 0 Å². The Morgan fingerprint density at radius 2 is 1.93 bits per heavy atom. The van der Waals surface area contributed by atoms with Crippen LogP contribution in [0, 0.1) is 5.92 Å². The van der Waals surface area contributed by atoms with Crippen LogP contribution in [0.15, 0.2) is 11.6 Å². The molecule has 14 heavy (non-hydrogen) atoms. The number of unbranched alkanes of at least 4 members (excludes halogenated alkanes) is 1. The second-order valence-corrected chi connectivity index (χ2v) is 4.85. The van der Waals surface area contributed by atoms with Crippen molar-refractivity contribution in [3.05, 3.63) is 11.6 Å². The second kappa shape index (κ2) is 6.23. The zero-order valence-electron chi connectivity index (χ0n) is 10.1. The summed E-state index contributed by atoms with van der Waals surface area (Å²) in [6.07, 6.45) is 7.66. The van der Waals surface area contributed by atoms with Crippen LogP contribution in [0.1, 0.15) is 46.5 Å². The molecule has 0 radical (unpaired) electrons. The van der Waals surface area contributed by atoms with Crippen LogP contribution in [-0.2, 0) is 0 Å². The van der Waals surface area contributed by atoms with Crippen molar-refractivity contribution in [1.29, 1.82) is 0 Å². The van der Waals surface area contributed by atoms with E-state index >= 15 is 0 Å². The van der Waals surface area contributed by atoms with Gasteiger partial charge in [-0.2, -0.15) is 0 Å². The fourth-order valence-electron chi connectivity index (χ4n) is 2.09. The Morgan fingerprint density at radius 1 is 1.29 bits per heavy atom. The van der Waals surface area contributed by atoms with Gasteiger partial charge in [-0.15, -0.1) is 0 Å². The minimum atomic E-state index is 0.816. The zero-order chi connectivity index (χ0) is 10.4. The lowest BCUT2D eigenvalue weighted by Gasteiger charge is -2.29. The minimum absolute atomic E-state index is 0.816. The summed E-state index contributed by atoms with van der Waals surface area (Å²) in [5.74, 6) is 0.816. The minimum Gasteiger partial charge on any atom is -0.302 e. The summed E-state index contributed by atoms with van der Waals surface area (Å²) in [4.78, 5) is 2.61. The molecule has 0 unspecified atom stereocenters. The van der Waals surface area contributed by atoms with Gasteiger partial charge in [0, 0.05) is 19.6 Å². The smallest absolute Gasteiger partial charge is 0.00188 e. The fourth-order valence-corrected chi connectivity index (χ4v) is 2.09. The molecule has 0 atom stereocenters. The molecule has 1 heteroatoms. The first-order chi connectivity index (χ1) is 6.72. The third kappa shape index (κ3) is 4.28. The van der Waals surface area contributed by atoms with Crippen LogP contribution in [-0.4, -0.2) is 24.5 Å². The van der Waals surface area contributed by atoms with E-state index in [-0.39, 0.29) is 0 Å². The van der Waals surface area contributed by atoms with Gasteiger partial charge in [0.15, 0.2) is 0 Å². The van der Waals surface area contributed by atoms with Gasteiger partial charge in [0.1, 0.15) is 0 Å². The molecule has 0 aromatic carbocycles. The van der Waals surface area contributed by atoms with Crippen LogP contribution in [0.25, 0.3) is 0 Å². The monoisotopic (exact) mass is 195 g/mol. The van der Waals surface area contributed by atoms with Crippen molar-refractivity contribution in [2.45, 2.75) is 46.5 Å². The molecule has 1 saturated heterocycles. The van der Waals surface area contributed by atoms with E-state index in [4.69, 9.17) is 0 Å². The predicted molar refractivity (Wildman–Crippen MR) is 63.5 cm³/mol. The number of rotatable bonds is 4. The predicted octanol–water partition coefficient (Wildman–Crippen LogP) is 3.46. The second-order valence-electron chi connectivity index (χ2n) is 4.85. The Labute approximate surface area is 89.2 Å². The lowest BCUT2D eigenvalue weighted by Crippen LogP contribution is -2.33. The van der Waals surface area contributed by atoms with Crippen molar-refractivity contribution in [1.82, 2.24) is 4.90 Å². The Balaban J connectivity index is 2.24. The molecule has 0 aromatic heterocycles. The van der Waals surface area contributed by atoms with E-state index in [9.17, 15) is 0 Å². The summed E-state index contributed by atoms with van der Waals surface area (Å²) in [5.41, 5.74) is 1.70. The molecule has 1 aliphatic heterocycles. The number of hydrogen-bond donors (Lipinski definition) is 0. The highest BCUT2D eigenvalue weighted by Crippen LogP contribution is 2.17. The van der Waals surface area contributed by atoms with Crippen LogP contribution in [0.4, 0.5) is 0 Å². The lowest BCUT2D eigenvalue weighted by atomic mass is 10.0. The summed E-state index contributed by atoms with van der Waals surface area (Å²) in [7, 11) is 0. The first-order valence-electron chi connectivity index (χ1n) is 6.12. The molecule has 1 heterocycles. The summed E-state index contributed by atoms with van der Waals surface area (Å²) < 4.78 is 0. The molecule has 0 bridgehead atoms. The number of piperidine rings is 1. The highest BCUT2D eigenvalue weighted by molar-refractivity contribution is 5.05. The Morgan fingerprint density at radius 3 is 2.43 bits per heavy atom. The summed E-state index contributed by atoms with van der Waals surface area (Å²) in [5, 5.41) is 0. The Hall–Kier alpha value is -0.300. The van der Waals surface area contributed by atoms with Crippen LogP contribution in [0.2, 0.25) is 0 Å². The van der Waals surface area contributed by atoms with E-state index in [0.717, 1.165) is 5.92 Å². The maximum absolute atomic E-state index is 2.61. The van der Waals surface area contributed by atoms with Crippen molar-refractivity contribution in [2.24, 2.45) is 5.92 Å². The number of nitrogens with zero attached hydrogens (tertiary/aromatic N) is 1. The topological polar surface area (TPSA) is 3.24 Å². The van der Waals surface area contributed by atoms with E-state index in [1.54, 1.807) is 5.57 Å². The molecule has 0 aromatic rings. The van der Waals surface area contributed by atoms with Gasteiger partial charge in [0.2, 0.25) is 0 Å². The van der Waals surface area contributed by atoms with Crippen LogP contribution >= 0.6 is 0 Å². The quantitative estimate of drug-likeness (QED) is 0.621. The molecule has 82 valence electrons. The average Bonchev–Trinajstić information content (AvgIpc) is 2.16. The molecule has 1 fully saturated rings. The van der Waals surface area contributed by atoms with Crippen molar-refractivity contribution in [2.75, 3.05) is 19.6 Å². The van der Waals surface area contributed by atoms with Gasteiger partial charge >= 0.3 is 0 Å². The molecule has 0 amide bonds. The number of likely N-dealkylation sites (tertiary alicyclic amines) is 1. The molecule has 1 rings (SSSR count). The maximum Gasteiger partial charge on any atom is 0.00188 e. The summed E-state index contributed by atoms with van der Waals surface area (Å²) in [6.45, 7) is 10.7. The third-order valence-corrected chi connectivity index (χ3v) is 2.84. The highest BCUT2D eigenvalue weighted by atomic mass is 15.1. The largest absolute Gasteiger partial charge is 0.302 e. The zero-order valence-corrected chi connectivity index (χ0v) is 10.1. The molecule has 0 saturated carbocycles. The Bertz CT molecular complexity index is 172. The van der Waals surface area contributed by atoms with Crippen molar-refractivity contribution < 1.29 is 0 Å². The third-order valence-electron chi connectivity index (χ3n) is 2.84. The van der Waals surface area contributed by atoms with Crippen molar-refractivity contribution in [3.63, 3.8) is 0 Å². The molecule has 1 nitrogen and oxygen atoms in total. The molecule has 0 aliphatic carbocycles. The van der Waals surface area contributed by atoms with Gasteiger partial charge in [-0.3, -0.25) is 0 Å². The van der Waals surface area contributed by atoms with Gasteiger partial charge in [-0.1, -0.05) is 38.8 Å². The Kier molecular flexibility index (Phi) is 5.24. The van der Waals surface area contributed by atoms with Gasteiger partial charge in [-0.25, -0.2) is 0 Å². The maximum atomic E-state index is 2.61. The van der Waals surface area contributed by atoms with Gasteiger partial charge < -0.3 is 4.90 Å². The van der Waals surface area contributed by atoms with Crippen LogP contribution in [0.3, 0.4) is 0 Å². The molecule has 0 N–H and O–H groups in total. The first-order valence-corrected chi connectivity index (χ1v) is 6.12. The standard InChI is InChI=1S/C13H25N/c1-4-5-6-13-7-9-14(10-8-13)11-12(2)3/h6,12H,4-5,7-11H2,1-3H3. The van der Waals surface area contributed by atoms with Crippen molar-refractivity contribution >= 4 is 0 Å². The van der Waals surface area contributed by atoms with Gasteiger partial charge in [0.25, 0.3) is 0 Å². The average molecular weight is 195 g/mol. The molecule has 1 aliphatic rings. The fraction of sp³-hybridized carbons (Fsp3) is 0.846. The van der Waals surface area contributed by atoms with Gasteiger partial charge in [-0.05, 0) is 25.2 Å². The number of allylic oxidation sites excluding steroid dienone is 1. The number of hydrogen-bond acceptors (Lipinski definition) is 1. The first kappa shape index (κ1) is 11.8. The highest BCUT2D eigenvalue weighted by Gasteiger charge is 2.13. The molecular weight excluding hydrogens is 170 g/mol. The van der Waals surface area contributed by atoms with Crippen molar-refractivity contribution in [3.8, 4) is 0 Å². The van der Waals surface area contributed by atoms with E-state index in [1.807, 2.05) is 0 Å².